The molecule has 5 heteroatoms. The van der Waals surface area contributed by atoms with E-state index in [1.165, 1.54) is 0 Å². The van der Waals surface area contributed by atoms with E-state index in [9.17, 15) is 18.0 Å². The second kappa shape index (κ2) is 7.30. The van der Waals surface area contributed by atoms with Crippen molar-refractivity contribution >= 4 is 5.97 Å². The fourth-order valence-electron chi connectivity index (χ4n) is 1.04. The second-order valence-electron chi connectivity index (χ2n) is 3.58. The Balaban J connectivity index is 3.71. The van der Waals surface area contributed by atoms with Gasteiger partial charge >= 0.3 is 12.1 Å². The number of esters is 1. The summed E-state index contributed by atoms with van der Waals surface area (Å²) in [5.41, 5.74) is 0. The molecule has 16 heavy (non-hydrogen) atoms. The summed E-state index contributed by atoms with van der Waals surface area (Å²) in [5, 5.41) is 0. The molecule has 0 fully saturated rings. The summed E-state index contributed by atoms with van der Waals surface area (Å²) in [4.78, 5) is 11.2. The van der Waals surface area contributed by atoms with Gasteiger partial charge in [0.25, 0.3) is 0 Å². The Kier molecular flexibility index (Phi) is 6.85. The van der Waals surface area contributed by atoms with Gasteiger partial charge in [0.15, 0.2) is 0 Å². The molecule has 0 radical (unpaired) electrons. The fourth-order valence-corrected chi connectivity index (χ4v) is 1.04. The van der Waals surface area contributed by atoms with E-state index in [4.69, 9.17) is 0 Å². The molecule has 0 aliphatic rings. The topological polar surface area (TPSA) is 26.3 Å². The molecule has 2 nitrogen and oxygen atoms in total. The third-order valence-electron chi connectivity index (χ3n) is 2.03. The molecular formula is C11H17F3O2. The molecule has 0 aromatic carbocycles. The van der Waals surface area contributed by atoms with Crippen molar-refractivity contribution in [2.24, 2.45) is 5.92 Å². The van der Waals surface area contributed by atoms with Crippen molar-refractivity contribution in [3.63, 3.8) is 0 Å². The lowest BCUT2D eigenvalue weighted by Gasteiger charge is -2.11. The second-order valence-corrected chi connectivity index (χ2v) is 3.58. The van der Waals surface area contributed by atoms with Gasteiger partial charge in [-0.1, -0.05) is 19.1 Å². The largest absolute Gasteiger partial charge is 0.465 e. The SMILES string of the molecule is CC=CCCC(C)C(=O)OCCC(F)(F)F. The standard InChI is InChI=1S/C11H17F3O2/c1-3-4-5-6-9(2)10(15)16-8-7-11(12,13)14/h3-4,9H,5-8H2,1-2H3. The zero-order valence-electron chi connectivity index (χ0n) is 9.51. The van der Waals surface area contributed by atoms with E-state index in [2.05, 4.69) is 4.74 Å². The molecule has 0 bridgehead atoms. The Labute approximate surface area is 93.5 Å². The van der Waals surface area contributed by atoms with Crippen LogP contribution in [0.2, 0.25) is 0 Å². The van der Waals surface area contributed by atoms with Gasteiger partial charge in [0.05, 0.1) is 18.9 Å². The molecule has 0 saturated carbocycles. The zero-order chi connectivity index (χ0) is 12.6. The molecule has 1 atom stereocenters. The van der Waals surface area contributed by atoms with Gasteiger partial charge in [-0.05, 0) is 19.8 Å². The van der Waals surface area contributed by atoms with E-state index >= 15 is 0 Å². The first-order valence-corrected chi connectivity index (χ1v) is 5.21. The van der Waals surface area contributed by atoms with E-state index in [0.29, 0.717) is 6.42 Å². The molecule has 0 aromatic rings. The highest BCUT2D eigenvalue weighted by Gasteiger charge is 2.27. The van der Waals surface area contributed by atoms with Gasteiger partial charge in [0.1, 0.15) is 0 Å². The highest BCUT2D eigenvalue weighted by Crippen LogP contribution is 2.19. The number of carbonyl (C=O) groups is 1. The van der Waals surface area contributed by atoms with E-state index in [0.717, 1.165) is 6.42 Å². The normalized spacial score (nSPS) is 14.1. The lowest BCUT2D eigenvalue weighted by Crippen LogP contribution is -2.19. The Morgan fingerprint density at radius 3 is 2.56 bits per heavy atom. The summed E-state index contributed by atoms with van der Waals surface area (Å²) in [6.45, 7) is 2.93. The maximum Gasteiger partial charge on any atom is 0.392 e. The summed E-state index contributed by atoms with van der Waals surface area (Å²) < 4.78 is 39.8. The average molecular weight is 238 g/mol. The highest BCUT2D eigenvalue weighted by atomic mass is 19.4. The molecule has 94 valence electrons. The molecule has 0 saturated heterocycles. The molecule has 0 aliphatic carbocycles. The van der Waals surface area contributed by atoms with Crippen molar-refractivity contribution in [3.05, 3.63) is 12.2 Å². The minimum atomic E-state index is -4.27. The lowest BCUT2D eigenvalue weighted by atomic mass is 10.1. The van der Waals surface area contributed by atoms with Gasteiger partial charge in [-0.3, -0.25) is 4.79 Å². The van der Waals surface area contributed by atoms with Crippen LogP contribution in [0, 0.1) is 5.92 Å². The number of hydrogen-bond acceptors (Lipinski definition) is 2. The van der Waals surface area contributed by atoms with Crippen molar-refractivity contribution < 1.29 is 22.7 Å². The Morgan fingerprint density at radius 1 is 1.44 bits per heavy atom. The number of hydrogen-bond donors (Lipinski definition) is 0. The van der Waals surface area contributed by atoms with Crippen LogP contribution in [0.15, 0.2) is 12.2 Å². The van der Waals surface area contributed by atoms with Gasteiger partial charge in [0, 0.05) is 0 Å². The predicted octanol–water partition coefficient (Wildman–Crippen LogP) is 3.47. The van der Waals surface area contributed by atoms with Crippen LogP contribution in [-0.4, -0.2) is 18.8 Å². The van der Waals surface area contributed by atoms with Crippen LogP contribution in [0.25, 0.3) is 0 Å². The number of ether oxygens (including phenoxy) is 1. The van der Waals surface area contributed by atoms with Crippen LogP contribution >= 0.6 is 0 Å². The van der Waals surface area contributed by atoms with E-state index in [-0.39, 0.29) is 5.92 Å². The molecule has 0 spiro atoms. The first-order valence-electron chi connectivity index (χ1n) is 5.21. The number of rotatable bonds is 6. The number of alkyl halides is 3. The maximum absolute atomic E-state index is 11.8. The van der Waals surface area contributed by atoms with Gasteiger partial charge < -0.3 is 4.74 Å². The smallest absolute Gasteiger partial charge is 0.392 e. The van der Waals surface area contributed by atoms with Crippen molar-refractivity contribution in [1.82, 2.24) is 0 Å². The van der Waals surface area contributed by atoms with Crippen molar-refractivity contribution in [2.45, 2.75) is 39.3 Å². The quantitative estimate of drug-likeness (QED) is 0.523. The van der Waals surface area contributed by atoms with Crippen molar-refractivity contribution in [1.29, 1.82) is 0 Å². The monoisotopic (exact) mass is 238 g/mol. The van der Waals surface area contributed by atoms with E-state index < -0.39 is 25.2 Å². The molecule has 0 amide bonds. The van der Waals surface area contributed by atoms with E-state index in [1.807, 2.05) is 19.1 Å². The summed E-state index contributed by atoms with van der Waals surface area (Å²) in [5.74, 6) is -0.918. The summed E-state index contributed by atoms with van der Waals surface area (Å²) in [6.07, 6.45) is -0.267. The Hall–Kier alpha value is -1.00. The fraction of sp³-hybridized carbons (Fsp3) is 0.727. The predicted molar refractivity (Wildman–Crippen MR) is 54.8 cm³/mol. The van der Waals surface area contributed by atoms with Gasteiger partial charge in [-0.25, -0.2) is 0 Å². The highest BCUT2D eigenvalue weighted by molar-refractivity contribution is 5.71. The molecule has 0 aliphatic heterocycles. The van der Waals surface area contributed by atoms with Gasteiger partial charge in [-0.2, -0.15) is 13.2 Å². The third-order valence-corrected chi connectivity index (χ3v) is 2.03. The van der Waals surface area contributed by atoms with Gasteiger partial charge in [-0.15, -0.1) is 0 Å². The van der Waals surface area contributed by atoms with Crippen LogP contribution < -0.4 is 0 Å². The molecular weight excluding hydrogens is 221 g/mol. The summed E-state index contributed by atoms with van der Waals surface area (Å²) in [7, 11) is 0. The summed E-state index contributed by atoms with van der Waals surface area (Å²) in [6, 6.07) is 0. The number of allylic oxidation sites excluding steroid dienone is 2. The van der Waals surface area contributed by atoms with Crippen LogP contribution in [0.4, 0.5) is 13.2 Å². The summed E-state index contributed by atoms with van der Waals surface area (Å²) >= 11 is 0. The molecule has 1 unspecified atom stereocenters. The molecule has 0 rings (SSSR count). The Bertz CT molecular complexity index is 234. The van der Waals surface area contributed by atoms with Crippen LogP contribution in [-0.2, 0) is 9.53 Å². The van der Waals surface area contributed by atoms with Crippen molar-refractivity contribution in [2.75, 3.05) is 6.61 Å². The van der Waals surface area contributed by atoms with Crippen LogP contribution in [0.3, 0.4) is 0 Å². The minimum Gasteiger partial charge on any atom is -0.465 e. The molecule has 0 heterocycles. The molecule has 0 aromatic heterocycles. The van der Waals surface area contributed by atoms with E-state index in [1.54, 1.807) is 6.92 Å². The molecule has 0 N–H and O–H groups in total. The third kappa shape index (κ3) is 8.32. The van der Waals surface area contributed by atoms with Crippen LogP contribution in [0.5, 0.6) is 0 Å². The average Bonchev–Trinajstić information content (AvgIpc) is 2.15. The van der Waals surface area contributed by atoms with Crippen molar-refractivity contribution in [3.8, 4) is 0 Å². The first-order chi connectivity index (χ1) is 7.37. The first kappa shape index (κ1) is 15.0. The number of carbonyl (C=O) groups excluding carboxylic acids is 1. The Morgan fingerprint density at radius 2 is 2.06 bits per heavy atom. The van der Waals surface area contributed by atoms with Crippen LogP contribution in [0.1, 0.15) is 33.1 Å². The lowest BCUT2D eigenvalue weighted by molar-refractivity contribution is -0.161. The minimum absolute atomic E-state index is 0.357. The van der Waals surface area contributed by atoms with Gasteiger partial charge in [0.2, 0.25) is 0 Å². The maximum atomic E-state index is 11.8. The number of halogens is 3. The zero-order valence-corrected chi connectivity index (χ0v) is 9.51.